The van der Waals surface area contributed by atoms with Crippen molar-refractivity contribution in [3.63, 3.8) is 0 Å². The average molecular weight is 508 g/mol. The molecule has 0 saturated heterocycles. The first-order chi connectivity index (χ1) is 17.5. The van der Waals surface area contributed by atoms with E-state index in [1.165, 1.54) is 6.07 Å². The maximum Gasteiger partial charge on any atom is 0.264 e. The first-order valence-electron chi connectivity index (χ1n) is 11.8. The molecule has 188 valence electrons. The summed E-state index contributed by atoms with van der Waals surface area (Å²) in [5.41, 5.74) is 2.04. The molecule has 0 amide bonds. The van der Waals surface area contributed by atoms with Gasteiger partial charge in [-0.15, -0.1) is 0 Å². The van der Waals surface area contributed by atoms with Crippen LogP contribution in [0, 0.1) is 0 Å². The van der Waals surface area contributed by atoms with E-state index in [0.29, 0.717) is 29.6 Å². The van der Waals surface area contributed by atoms with E-state index in [2.05, 4.69) is 15.0 Å². The number of allylic oxidation sites excluding steroid dienone is 4. The van der Waals surface area contributed by atoms with E-state index in [-0.39, 0.29) is 18.1 Å². The van der Waals surface area contributed by atoms with Gasteiger partial charge in [0.05, 0.1) is 12.2 Å². The molecule has 7 nitrogen and oxygen atoms in total. The summed E-state index contributed by atoms with van der Waals surface area (Å²) in [5, 5.41) is 10.2. The number of hydrogen-bond acceptors (Lipinski definition) is 7. The molecule has 1 heterocycles. The lowest BCUT2D eigenvalue weighted by atomic mass is 10.1. The molecule has 0 radical (unpaired) electrons. The van der Waals surface area contributed by atoms with Crippen molar-refractivity contribution in [3.05, 3.63) is 72.6 Å². The Morgan fingerprint density at radius 2 is 1.83 bits per heavy atom. The van der Waals surface area contributed by atoms with Crippen molar-refractivity contribution < 1.29 is 19.4 Å². The number of ether oxygens (including phenoxy) is 2. The number of hydrogen-bond donors (Lipinski definition) is 1. The van der Waals surface area contributed by atoms with Gasteiger partial charge in [-0.3, -0.25) is 4.79 Å². The van der Waals surface area contributed by atoms with Gasteiger partial charge in [-0.2, -0.15) is 0 Å². The third-order valence-corrected chi connectivity index (χ3v) is 5.48. The molecule has 0 aliphatic carbocycles. The predicted octanol–water partition coefficient (Wildman–Crippen LogP) is 6.22. The zero-order chi connectivity index (χ0) is 25.9. The Hall–Kier alpha value is -3.55. The summed E-state index contributed by atoms with van der Waals surface area (Å²) in [6.07, 6.45) is 6.60. The topological polar surface area (TPSA) is 94.4 Å². The summed E-state index contributed by atoms with van der Waals surface area (Å²) in [6.45, 7) is 6.41. The molecule has 0 aliphatic heterocycles. The number of phenols is 1. The fraction of sp³-hybridized carbons (Fsp3) is 0.286. The minimum atomic E-state index is -0.986. The van der Waals surface area contributed by atoms with Crippen molar-refractivity contribution in [2.45, 2.75) is 39.7 Å². The molecule has 0 bridgehead atoms. The van der Waals surface area contributed by atoms with Gasteiger partial charge in [0.15, 0.2) is 23.6 Å². The van der Waals surface area contributed by atoms with Gasteiger partial charge in [-0.1, -0.05) is 61.9 Å². The van der Waals surface area contributed by atoms with Crippen LogP contribution >= 0.6 is 11.6 Å². The molecular weight excluding hydrogens is 478 g/mol. The smallest absolute Gasteiger partial charge is 0.264 e. The van der Waals surface area contributed by atoms with Crippen molar-refractivity contribution in [1.29, 1.82) is 0 Å². The highest BCUT2D eigenvalue weighted by Crippen LogP contribution is 2.32. The molecule has 0 spiro atoms. The van der Waals surface area contributed by atoms with E-state index in [1.54, 1.807) is 12.1 Å². The van der Waals surface area contributed by atoms with Crippen LogP contribution in [0.4, 0.5) is 0 Å². The fourth-order valence-corrected chi connectivity index (χ4v) is 3.45. The Balaban J connectivity index is 1.95. The molecular formula is C28H30ClN3O4. The van der Waals surface area contributed by atoms with Crippen molar-refractivity contribution in [2.24, 2.45) is 0 Å². The van der Waals surface area contributed by atoms with E-state index in [4.69, 9.17) is 21.1 Å². The van der Waals surface area contributed by atoms with E-state index >= 15 is 0 Å². The van der Waals surface area contributed by atoms with Crippen LogP contribution in [-0.4, -0.2) is 44.6 Å². The van der Waals surface area contributed by atoms with Crippen LogP contribution in [0.2, 0.25) is 0 Å². The molecule has 1 aromatic heterocycles. The third kappa shape index (κ3) is 7.23. The number of unbranched alkanes of at least 4 members (excludes halogenated alkanes) is 1. The number of carbonyl (C=O) groups is 1. The Morgan fingerprint density at radius 3 is 2.47 bits per heavy atom. The molecule has 8 heteroatoms. The van der Waals surface area contributed by atoms with Crippen molar-refractivity contribution in [3.8, 4) is 34.3 Å². The van der Waals surface area contributed by atoms with Gasteiger partial charge in [0.1, 0.15) is 11.5 Å². The zero-order valence-corrected chi connectivity index (χ0v) is 21.4. The van der Waals surface area contributed by atoms with Crippen molar-refractivity contribution >= 4 is 22.4 Å². The maximum absolute atomic E-state index is 11.8. The third-order valence-electron chi connectivity index (χ3n) is 5.24. The molecule has 0 aliphatic rings. The number of aromatic nitrogens is 3. The minimum absolute atomic E-state index is 0.0270. The second kappa shape index (κ2) is 13.5. The molecule has 1 unspecified atom stereocenters. The van der Waals surface area contributed by atoms with E-state index in [9.17, 15) is 9.90 Å². The van der Waals surface area contributed by atoms with Crippen LogP contribution in [0.15, 0.2) is 66.8 Å². The summed E-state index contributed by atoms with van der Waals surface area (Å²) in [6, 6.07) is 14.2. The Kier molecular flexibility index (Phi) is 10.2. The Labute approximate surface area is 216 Å². The second-order valence-corrected chi connectivity index (χ2v) is 8.31. The van der Waals surface area contributed by atoms with E-state index in [0.717, 1.165) is 24.0 Å². The van der Waals surface area contributed by atoms with Crippen molar-refractivity contribution in [1.82, 2.24) is 15.0 Å². The molecule has 1 N–H and O–H groups in total. The highest BCUT2D eigenvalue weighted by atomic mass is 35.5. The van der Waals surface area contributed by atoms with Gasteiger partial charge >= 0.3 is 0 Å². The standard InChI is InChI=1S/C28H30ClN3O4/c1-4-7-16-35-18-24(25(29)34)36-21-14-15-22(23(33)17-21)28-31-26(19(6-3)11-5-2)30-27(32-28)20-12-9-8-10-13-20/h5-6,8-15,17,24,33H,4,7,16,18H2,1-3H3/b11-5-,19-6+. The normalized spacial score (nSPS) is 12.6. The second-order valence-electron chi connectivity index (χ2n) is 7.93. The molecule has 3 rings (SSSR count). The first kappa shape index (κ1) is 27.0. The fourth-order valence-electron chi connectivity index (χ4n) is 3.34. The highest BCUT2D eigenvalue weighted by Gasteiger charge is 2.20. The lowest BCUT2D eigenvalue weighted by Crippen LogP contribution is -2.29. The van der Waals surface area contributed by atoms with E-state index in [1.807, 2.05) is 69.3 Å². The number of carbonyl (C=O) groups excluding carboxylic acids is 1. The molecule has 2 aromatic carbocycles. The number of halogens is 1. The monoisotopic (exact) mass is 507 g/mol. The Morgan fingerprint density at radius 1 is 1.08 bits per heavy atom. The maximum atomic E-state index is 11.8. The van der Waals surface area contributed by atoms with Gasteiger partial charge in [0.2, 0.25) is 0 Å². The van der Waals surface area contributed by atoms with Gasteiger partial charge in [-0.25, -0.2) is 15.0 Å². The summed E-state index contributed by atoms with van der Waals surface area (Å²) in [5.74, 6) is 1.44. The van der Waals surface area contributed by atoms with Crippen LogP contribution in [-0.2, 0) is 9.53 Å². The number of benzene rings is 2. The highest BCUT2D eigenvalue weighted by molar-refractivity contribution is 6.64. The summed E-state index contributed by atoms with van der Waals surface area (Å²) in [7, 11) is 0. The molecule has 36 heavy (non-hydrogen) atoms. The number of aromatic hydroxyl groups is 1. The average Bonchev–Trinajstić information content (AvgIpc) is 2.89. The van der Waals surface area contributed by atoms with Gasteiger partial charge in [0, 0.05) is 23.8 Å². The van der Waals surface area contributed by atoms with Crippen LogP contribution in [0.3, 0.4) is 0 Å². The van der Waals surface area contributed by atoms with Crippen LogP contribution < -0.4 is 4.74 Å². The molecule has 0 saturated carbocycles. The quantitative estimate of drug-likeness (QED) is 0.176. The molecule has 3 aromatic rings. The molecule has 0 fully saturated rings. The van der Waals surface area contributed by atoms with Gasteiger partial charge in [0.25, 0.3) is 5.24 Å². The minimum Gasteiger partial charge on any atom is -0.507 e. The van der Waals surface area contributed by atoms with Crippen molar-refractivity contribution in [2.75, 3.05) is 13.2 Å². The number of phenolic OH excluding ortho intramolecular Hbond substituents is 1. The van der Waals surface area contributed by atoms with Gasteiger partial charge < -0.3 is 14.6 Å². The lowest BCUT2D eigenvalue weighted by Gasteiger charge is -2.16. The SMILES string of the molecule is C/C=C\C(=C/C)c1nc(-c2ccccc2)nc(-c2ccc(OC(COCCCC)C(=O)Cl)cc2O)n1. The van der Waals surface area contributed by atoms with Gasteiger partial charge in [-0.05, 0) is 44.0 Å². The predicted molar refractivity (Wildman–Crippen MR) is 142 cm³/mol. The summed E-state index contributed by atoms with van der Waals surface area (Å²) >= 11 is 5.69. The van der Waals surface area contributed by atoms with E-state index < -0.39 is 11.3 Å². The van der Waals surface area contributed by atoms with Crippen LogP contribution in [0.1, 0.15) is 39.4 Å². The summed E-state index contributed by atoms with van der Waals surface area (Å²) in [4.78, 5) is 25.7. The largest absolute Gasteiger partial charge is 0.507 e. The lowest BCUT2D eigenvalue weighted by molar-refractivity contribution is -0.120. The number of nitrogens with zero attached hydrogens (tertiary/aromatic N) is 3. The Bertz CT molecular complexity index is 1230. The molecule has 1 atom stereocenters. The van der Waals surface area contributed by atoms with Crippen LogP contribution in [0.25, 0.3) is 28.3 Å². The zero-order valence-electron chi connectivity index (χ0n) is 20.6. The first-order valence-corrected chi connectivity index (χ1v) is 12.2. The number of rotatable bonds is 12. The summed E-state index contributed by atoms with van der Waals surface area (Å²) < 4.78 is 11.2. The van der Waals surface area contributed by atoms with Crippen LogP contribution in [0.5, 0.6) is 11.5 Å².